The Morgan fingerprint density at radius 2 is 1.80 bits per heavy atom. The van der Waals surface area contributed by atoms with E-state index in [-0.39, 0.29) is 0 Å². The summed E-state index contributed by atoms with van der Waals surface area (Å²) in [6.45, 7) is 4.67. The van der Waals surface area contributed by atoms with Gasteiger partial charge < -0.3 is 4.74 Å². The number of hydrogen-bond acceptors (Lipinski definition) is 2. The van der Waals surface area contributed by atoms with E-state index in [1.54, 1.807) is 0 Å². The molecule has 3 heteroatoms. The molecule has 20 heavy (non-hydrogen) atoms. The third kappa shape index (κ3) is 3.21. The first-order chi connectivity index (χ1) is 9.83. The first kappa shape index (κ1) is 13.6. The number of rotatable bonds is 3. The van der Waals surface area contributed by atoms with Crippen LogP contribution >= 0.6 is 11.6 Å². The van der Waals surface area contributed by atoms with Crippen LogP contribution in [0.2, 0.25) is 5.02 Å². The van der Waals surface area contributed by atoms with Crippen molar-refractivity contribution in [3.63, 3.8) is 0 Å². The molecule has 2 nitrogen and oxygen atoms in total. The molecule has 0 atom stereocenters. The fourth-order valence-corrected chi connectivity index (χ4v) is 2.79. The van der Waals surface area contributed by atoms with Crippen molar-refractivity contribution in [1.29, 1.82) is 0 Å². The standard InChI is InChI=1S/C17H18ClNO/c18-17-7-2-1-6-16(17)15-5-3-4-14(12-15)13-19-8-10-20-11-9-19/h1-7,12H,8-11,13H2. The Bertz CT molecular complexity index is 579. The van der Waals surface area contributed by atoms with E-state index in [1.165, 1.54) is 11.1 Å². The predicted molar refractivity (Wildman–Crippen MR) is 83.0 cm³/mol. The molecule has 0 bridgehead atoms. The van der Waals surface area contributed by atoms with Gasteiger partial charge in [0.15, 0.2) is 0 Å². The maximum Gasteiger partial charge on any atom is 0.0594 e. The summed E-state index contributed by atoms with van der Waals surface area (Å²) < 4.78 is 5.39. The lowest BCUT2D eigenvalue weighted by Gasteiger charge is -2.26. The molecule has 0 unspecified atom stereocenters. The number of benzene rings is 2. The average molecular weight is 288 g/mol. The van der Waals surface area contributed by atoms with Gasteiger partial charge in [0.25, 0.3) is 0 Å². The Kier molecular flexibility index (Phi) is 4.36. The van der Waals surface area contributed by atoms with Crippen LogP contribution in [0.1, 0.15) is 5.56 Å². The van der Waals surface area contributed by atoms with Gasteiger partial charge in [0.2, 0.25) is 0 Å². The molecular formula is C17H18ClNO. The third-order valence-corrected chi connectivity index (χ3v) is 3.95. The second kappa shape index (κ2) is 6.40. The van der Waals surface area contributed by atoms with E-state index < -0.39 is 0 Å². The van der Waals surface area contributed by atoms with Gasteiger partial charge in [-0.05, 0) is 23.3 Å². The molecule has 104 valence electrons. The molecule has 1 aliphatic heterocycles. The normalized spacial score (nSPS) is 16.2. The van der Waals surface area contributed by atoms with Gasteiger partial charge in [-0.15, -0.1) is 0 Å². The Morgan fingerprint density at radius 1 is 1.00 bits per heavy atom. The van der Waals surface area contributed by atoms with Crippen LogP contribution in [0.4, 0.5) is 0 Å². The second-order valence-electron chi connectivity index (χ2n) is 5.07. The lowest BCUT2D eigenvalue weighted by molar-refractivity contribution is 0.0342. The lowest BCUT2D eigenvalue weighted by atomic mass is 10.0. The van der Waals surface area contributed by atoms with Crippen LogP contribution < -0.4 is 0 Å². The molecule has 3 rings (SSSR count). The number of halogens is 1. The zero-order valence-electron chi connectivity index (χ0n) is 11.4. The van der Waals surface area contributed by atoms with E-state index in [4.69, 9.17) is 16.3 Å². The molecule has 1 aliphatic rings. The van der Waals surface area contributed by atoms with E-state index in [0.717, 1.165) is 43.4 Å². The molecule has 0 N–H and O–H groups in total. The van der Waals surface area contributed by atoms with E-state index >= 15 is 0 Å². The Balaban J connectivity index is 1.80. The minimum Gasteiger partial charge on any atom is -0.379 e. The maximum atomic E-state index is 6.28. The molecule has 0 radical (unpaired) electrons. The molecule has 0 saturated carbocycles. The first-order valence-corrected chi connectivity index (χ1v) is 7.35. The molecule has 1 fully saturated rings. The largest absolute Gasteiger partial charge is 0.379 e. The van der Waals surface area contributed by atoms with Gasteiger partial charge in [0.05, 0.1) is 13.2 Å². The summed E-state index contributed by atoms with van der Waals surface area (Å²) in [5.41, 5.74) is 3.60. The Morgan fingerprint density at radius 3 is 2.60 bits per heavy atom. The Hall–Kier alpha value is -1.35. The number of nitrogens with zero attached hydrogens (tertiary/aromatic N) is 1. The highest BCUT2D eigenvalue weighted by molar-refractivity contribution is 6.33. The summed E-state index contributed by atoms with van der Waals surface area (Å²) >= 11 is 6.28. The molecule has 0 aliphatic carbocycles. The molecule has 0 amide bonds. The summed E-state index contributed by atoms with van der Waals surface area (Å²) in [5, 5.41) is 0.802. The molecule has 0 aromatic heterocycles. The quantitative estimate of drug-likeness (QED) is 0.850. The number of hydrogen-bond donors (Lipinski definition) is 0. The van der Waals surface area contributed by atoms with Gasteiger partial charge in [-0.1, -0.05) is 48.0 Å². The first-order valence-electron chi connectivity index (χ1n) is 6.97. The summed E-state index contributed by atoms with van der Waals surface area (Å²) in [7, 11) is 0. The molecular weight excluding hydrogens is 270 g/mol. The van der Waals surface area contributed by atoms with Crippen molar-refractivity contribution in [2.45, 2.75) is 6.54 Å². The zero-order chi connectivity index (χ0) is 13.8. The highest BCUT2D eigenvalue weighted by Gasteiger charge is 2.11. The fourth-order valence-electron chi connectivity index (χ4n) is 2.55. The van der Waals surface area contributed by atoms with Crippen molar-refractivity contribution >= 4 is 11.6 Å². The van der Waals surface area contributed by atoms with Crippen LogP contribution in [-0.4, -0.2) is 31.2 Å². The van der Waals surface area contributed by atoms with Crippen molar-refractivity contribution in [1.82, 2.24) is 4.90 Å². The van der Waals surface area contributed by atoms with Gasteiger partial charge in [0, 0.05) is 30.2 Å². The SMILES string of the molecule is Clc1ccccc1-c1cccc(CN2CCOCC2)c1. The van der Waals surface area contributed by atoms with Crippen molar-refractivity contribution in [3.8, 4) is 11.1 Å². The summed E-state index contributed by atoms with van der Waals surface area (Å²) in [5.74, 6) is 0. The molecule has 2 aromatic rings. The van der Waals surface area contributed by atoms with Crippen molar-refractivity contribution in [3.05, 3.63) is 59.1 Å². The monoisotopic (exact) mass is 287 g/mol. The minimum atomic E-state index is 0.802. The molecule has 2 aromatic carbocycles. The summed E-state index contributed by atoms with van der Waals surface area (Å²) in [4.78, 5) is 2.43. The third-order valence-electron chi connectivity index (χ3n) is 3.62. The fraction of sp³-hybridized carbons (Fsp3) is 0.294. The number of ether oxygens (including phenoxy) is 1. The van der Waals surface area contributed by atoms with Gasteiger partial charge in [-0.3, -0.25) is 4.90 Å². The van der Waals surface area contributed by atoms with Crippen LogP contribution in [0.3, 0.4) is 0 Å². The predicted octanol–water partition coefficient (Wildman–Crippen LogP) is 3.84. The van der Waals surface area contributed by atoms with Crippen LogP contribution in [0.5, 0.6) is 0 Å². The van der Waals surface area contributed by atoms with Gasteiger partial charge >= 0.3 is 0 Å². The van der Waals surface area contributed by atoms with E-state index in [0.29, 0.717) is 0 Å². The second-order valence-corrected chi connectivity index (χ2v) is 5.48. The molecule has 1 heterocycles. The molecule has 0 spiro atoms. The van der Waals surface area contributed by atoms with Crippen LogP contribution in [0.25, 0.3) is 11.1 Å². The highest BCUT2D eigenvalue weighted by Crippen LogP contribution is 2.28. The average Bonchev–Trinajstić information content (AvgIpc) is 2.49. The van der Waals surface area contributed by atoms with Crippen molar-refractivity contribution in [2.75, 3.05) is 26.3 Å². The summed E-state index contributed by atoms with van der Waals surface area (Å²) in [6, 6.07) is 16.6. The van der Waals surface area contributed by atoms with Crippen LogP contribution in [-0.2, 0) is 11.3 Å². The van der Waals surface area contributed by atoms with Gasteiger partial charge in [-0.2, -0.15) is 0 Å². The number of morpholine rings is 1. The van der Waals surface area contributed by atoms with Gasteiger partial charge in [-0.25, -0.2) is 0 Å². The van der Waals surface area contributed by atoms with Crippen molar-refractivity contribution in [2.24, 2.45) is 0 Å². The van der Waals surface area contributed by atoms with E-state index in [9.17, 15) is 0 Å². The van der Waals surface area contributed by atoms with E-state index in [1.807, 2.05) is 18.2 Å². The smallest absolute Gasteiger partial charge is 0.0594 e. The zero-order valence-corrected chi connectivity index (χ0v) is 12.1. The lowest BCUT2D eigenvalue weighted by Crippen LogP contribution is -2.35. The topological polar surface area (TPSA) is 12.5 Å². The molecule has 1 saturated heterocycles. The van der Waals surface area contributed by atoms with Gasteiger partial charge in [0.1, 0.15) is 0 Å². The highest BCUT2D eigenvalue weighted by atomic mass is 35.5. The Labute approximate surface area is 124 Å². The minimum absolute atomic E-state index is 0.802. The van der Waals surface area contributed by atoms with E-state index in [2.05, 4.69) is 35.2 Å². The van der Waals surface area contributed by atoms with Crippen LogP contribution in [0, 0.1) is 0 Å². The maximum absolute atomic E-state index is 6.28. The van der Waals surface area contributed by atoms with Crippen molar-refractivity contribution < 1.29 is 4.74 Å². The summed E-state index contributed by atoms with van der Waals surface area (Å²) in [6.07, 6.45) is 0. The van der Waals surface area contributed by atoms with Crippen LogP contribution in [0.15, 0.2) is 48.5 Å².